The van der Waals surface area contributed by atoms with Crippen molar-refractivity contribution in [2.75, 3.05) is 13.1 Å². The molecular weight excluding hydrogens is 458 g/mol. The zero-order chi connectivity index (χ0) is 25.0. The fourth-order valence-corrected chi connectivity index (χ4v) is 9.32. The molecule has 2 spiro atoms. The van der Waals surface area contributed by atoms with Gasteiger partial charge in [-0.3, -0.25) is 9.88 Å². The summed E-state index contributed by atoms with van der Waals surface area (Å²) in [5.41, 5.74) is 9.65. The number of fused-ring (bicyclic) bond motifs is 2. The van der Waals surface area contributed by atoms with Gasteiger partial charge >= 0.3 is 0 Å². The summed E-state index contributed by atoms with van der Waals surface area (Å²) in [4.78, 5) is 6.90. The van der Waals surface area contributed by atoms with Crippen molar-refractivity contribution < 1.29 is 9.84 Å². The zero-order valence-corrected chi connectivity index (χ0v) is 21.6. The lowest BCUT2D eigenvalue weighted by molar-refractivity contribution is -0.132. The van der Waals surface area contributed by atoms with E-state index in [1.807, 2.05) is 12.4 Å². The molecule has 2 saturated heterocycles. The van der Waals surface area contributed by atoms with Gasteiger partial charge in [0.25, 0.3) is 0 Å². The first-order chi connectivity index (χ1) is 17.9. The summed E-state index contributed by atoms with van der Waals surface area (Å²) in [6.07, 6.45) is 19.0. The number of nitrogens with two attached hydrogens (primary N) is 1. The molecule has 3 N–H and O–H groups in total. The van der Waals surface area contributed by atoms with Crippen LogP contribution in [0.3, 0.4) is 0 Å². The second-order valence-corrected chi connectivity index (χ2v) is 12.9. The molecule has 3 fully saturated rings. The quantitative estimate of drug-likeness (QED) is 0.636. The van der Waals surface area contributed by atoms with E-state index in [1.165, 1.54) is 22.1 Å². The molecule has 8 atom stereocenters. The number of aromatic nitrogens is 1. The van der Waals surface area contributed by atoms with Crippen LogP contribution in [-0.2, 0) is 4.74 Å². The Morgan fingerprint density at radius 1 is 1.16 bits per heavy atom. The molecule has 4 heterocycles. The number of likely N-dealkylation sites (tertiary alicyclic amines) is 1. The van der Waals surface area contributed by atoms with E-state index in [0.717, 1.165) is 57.0 Å². The van der Waals surface area contributed by atoms with Crippen LogP contribution in [0.15, 0.2) is 72.1 Å². The Morgan fingerprint density at radius 3 is 2.95 bits per heavy atom. The minimum atomic E-state index is -0.373. The molecule has 3 aliphatic heterocycles. The standard InChI is InChI=1S/C32H37N3O2/c1-30-9-6-24-15-23-4-5-26(35-13-8-25(33)19-35)17-31(23)10-11-32(24,37-31)28(30)16-27(36)29(30)21-3-2-20-7-12-34-18-22(20)14-21/h2-7,12,14-15,18,25-29,36H,8-11,13,16-17,19,33H2,1H3/t25-,26-,27-,28-,29+,30+,31-,32?/m1/s1. The van der Waals surface area contributed by atoms with Gasteiger partial charge in [-0.1, -0.05) is 43.4 Å². The third-order valence-corrected chi connectivity index (χ3v) is 11.1. The van der Waals surface area contributed by atoms with Crippen LogP contribution in [0, 0.1) is 11.3 Å². The predicted octanol–water partition coefficient (Wildman–Crippen LogP) is 4.63. The number of benzene rings is 1. The molecule has 8 rings (SSSR count). The molecule has 6 aliphatic rings. The van der Waals surface area contributed by atoms with Crippen LogP contribution in [-0.4, -0.2) is 57.5 Å². The summed E-state index contributed by atoms with van der Waals surface area (Å²) < 4.78 is 7.41. The van der Waals surface area contributed by atoms with Crippen molar-refractivity contribution in [3.8, 4) is 0 Å². The molecule has 0 amide bonds. The Hall–Kier alpha value is -2.31. The van der Waals surface area contributed by atoms with Gasteiger partial charge in [-0.2, -0.15) is 0 Å². The number of hydrogen-bond acceptors (Lipinski definition) is 5. The minimum Gasteiger partial charge on any atom is -0.392 e. The van der Waals surface area contributed by atoms with E-state index in [2.05, 4.69) is 65.4 Å². The normalized spacial score (nSPS) is 44.4. The SMILES string of the molecule is C[C@]12CC=C3C=C4C=C[C@@H](N5CC[C@@H](N)C5)C[C@]45CCC3(O5)[C@@H]1C[C@@H](O)[C@@H]2c1ccc2ccncc2c1. The van der Waals surface area contributed by atoms with Gasteiger partial charge < -0.3 is 15.6 Å². The van der Waals surface area contributed by atoms with Gasteiger partial charge in [0.1, 0.15) is 0 Å². The molecule has 1 aromatic carbocycles. The summed E-state index contributed by atoms with van der Waals surface area (Å²) in [6.45, 7) is 4.48. The van der Waals surface area contributed by atoms with E-state index in [4.69, 9.17) is 10.5 Å². The van der Waals surface area contributed by atoms with E-state index < -0.39 is 0 Å². The van der Waals surface area contributed by atoms with Crippen LogP contribution in [0.5, 0.6) is 0 Å². The van der Waals surface area contributed by atoms with Crippen molar-refractivity contribution in [2.45, 2.75) is 80.8 Å². The van der Waals surface area contributed by atoms with Gasteiger partial charge in [0.2, 0.25) is 0 Å². The number of pyridine rings is 1. The Kier molecular flexibility index (Phi) is 4.67. The van der Waals surface area contributed by atoms with Crippen LogP contribution in [0.4, 0.5) is 0 Å². The first-order valence-electron chi connectivity index (χ1n) is 14.2. The third-order valence-electron chi connectivity index (χ3n) is 11.1. The second kappa shape index (κ2) is 7.63. The summed E-state index contributed by atoms with van der Waals surface area (Å²) in [7, 11) is 0. The average molecular weight is 496 g/mol. The van der Waals surface area contributed by atoms with Crippen molar-refractivity contribution in [2.24, 2.45) is 17.1 Å². The van der Waals surface area contributed by atoms with E-state index in [1.54, 1.807) is 0 Å². The van der Waals surface area contributed by atoms with Gasteiger partial charge in [0, 0.05) is 54.8 Å². The molecule has 2 bridgehead atoms. The summed E-state index contributed by atoms with van der Waals surface area (Å²) >= 11 is 0. The number of aliphatic hydroxyl groups excluding tert-OH is 1. The maximum absolute atomic E-state index is 11.6. The maximum Gasteiger partial charge on any atom is 0.0976 e. The molecule has 0 radical (unpaired) electrons. The van der Waals surface area contributed by atoms with Crippen molar-refractivity contribution in [1.29, 1.82) is 0 Å². The van der Waals surface area contributed by atoms with Crippen LogP contribution in [0.2, 0.25) is 0 Å². The largest absolute Gasteiger partial charge is 0.392 e. The van der Waals surface area contributed by atoms with Crippen molar-refractivity contribution in [3.05, 3.63) is 77.7 Å². The second-order valence-electron chi connectivity index (χ2n) is 12.9. The first-order valence-corrected chi connectivity index (χ1v) is 14.2. The van der Waals surface area contributed by atoms with Crippen LogP contribution in [0.1, 0.15) is 56.9 Å². The summed E-state index contributed by atoms with van der Waals surface area (Å²) in [5, 5.41) is 14.0. The topological polar surface area (TPSA) is 71.6 Å². The molecule has 3 aliphatic carbocycles. The molecule has 1 saturated carbocycles. The molecule has 1 aromatic heterocycles. The first kappa shape index (κ1) is 22.7. The number of nitrogens with zero attached hydrogens (tertiary/aromatic N) is 2. The molecule has 5 heteroatoms. The number of rotatable bonds is 2. The van der Waals surface area contributed by atoms with Gasteiger partial charge in [-0.15, -0.1) is 0 Å². The number of allylic oxidation sites excluding steroid dienone is 1. The molecule has 37 heavy (non-hydrogen) atoms. The molecule has 5 nitrogen and oxygen atoms in total. The van der Waals surface area contributed by atoms with E-state index >= 15 is 0 Å². The highest BCUT2D eigenvalue weighted by Crippen LogP contribution is 2.69. The lowest BCUT2D eigenvalue weighted by atomic mass is 9.58. The predicted molar refractivity (Wildman–Crippen MR) is 145 cm³/mol. The Morgan fingerprint density at radius 2 is 2.08 bits per heavy atom. The van der Waals surface area contributed by atoms with Gasteiger partial charge in [-0.25, -0.2) is 0 Å². The minimum absolute atomic E-state index is 0.0543. The van der Waals surface area contributed by atoms with Crippen LogP contribution < -0.4 is 5.73 Å². The Balaban J connectivity index is 1.17. The monoisotopic (exact) mass is 495 g/mol. The number of hydrogen-bond donors (Lipinski definition) is 2. The van der Waals surface area contributed by atoms with Crippen LogP contribution in [0.25, 0.3) is 10.8 Å². The van der Waals surface area contributed by atoms with Gasteiger partial charge in [0.05, 0.1) is 17.3 Å². The molecular formula is C32H37N3O2. The van der Waals surface area contributed by atoms with E-state index in [-0.39, 0.29) is 28.6 Å². The van der Waals surface area contributed by atoms with Crippen molar-refractivity contribution >= 4 is 10.8 Å². The smallest absolute Gasteiger partial charge is 0.0976 e. The summed E-state index contributed by atoms with van der Waals surface area (Å²) in [6, 6.07) is 9.42. The fourth-order valence-electron chi connectivity index (χ4n) is 9.32. The van der Waals surface area contributed by atoms with Crippen molar-refractivity contribution in [1.82, 2.24) is 9.88 Å². The lowest BCUT2D eigenvalue weighted by Crippen LogP contribution is -2.54. The maximum atomic E-state index is 11.6. The Bertz CT molecular complexity index is 1380. The van der Waals surface area contributed by atoms with Gasteiger partial charge in [-0.05, 0) is 78.2 Å². The highest BCUT2D eigenvalue weighted by atomic mass is 16.5. The number of ether oxygens (including phenoxy) is 1. The molecule has 1 unspecified atom stereocenters. The molecule has 2 aromatic rings. The average Bonchev–Trinajstić information content (AvgIpc) is 3.55. The lowest BCUT2D eigenvalue weighted by Gasteiger charge is -2.54. The molecule has 192 valence electrons. The van der Waals surface area contributed by atoms with Crippen molar-refractivity contribution in [3.63, 3.8) is 0 Å². The summed E-state index contributed by atoms with van der Waals surface area (Å²) in [5.74, 6) is 0.385. The highest BCUT2D eigenvalue weighted by molar-refractivity contribution is 5.82. The van der Waals surface area contributed by atoms with E-state index in [0.29, 0.717) is 18.0 Å². The van der Waals surface area contributed by atoms with E-state index in [9.17, 15) is 5.11 Å². The van der Waals surface area contributed by atoms with Gasteiger partial charge in [0.15, 0.2) is 0 Å². The fraction of sp³-hybridized carbons (Fsp3) is 0.531. The zero-order valence-electron chi connectivity index (χ0n) is 21.6. The Labute approximate surface area is 219 Å². The van der Waals surface area contributed by atoms with Crippen LogP contribution >= 0.6 is 0 Å². The third kappa shape index (κ3) is 3.03. The highest BCUT2D eigenvalue weighted by Gasteiger charge is 2.68. The number of aliphatic hydroxyl groups is 1.